The van der Waals surface area contributed by atoms with Crippen molar-refractivity contribution < 1.29 is 35.1 Å². The first-order valence-electron chi connectivity index (χ1n) is 9.03. The summed E-state index contributed by atoms with van der Waals surface area (Å²) in [5.41, 5.74) is -1.43. The molecule has 0 spiro atoms. The van der Waals surface area contributed by atoms with Crippen molar-refractivity contribution in [3.05, 3.63) is 84.2 Å². The van der Waals surface area contributed by atoms with Gasteiger partial charge in [-0.3, -0.25) is 4.98 Å². The van der Waals surface area contributed by atoms with Crippen LogP contribution >= 0.6 is 0 Å². The number of alkyl halides is 3. The number of aliphatic hydroxyl groups excluding tert-OH is 1. The zero-order valence-corrected chi connectivity index (χ0v) is 17.8. The number of sulfonamides is 1. The molecule has 2 aromatic carbocycles. The molecule has 12 heteroatoms. The SMILES string of the molecule is O=S(=O)(NC[C@H](O)c1ccccn1)c1cc(S(=O)(=O)c2ccccc2)ccc1C(F)(F)F. The third-order valence-electron chi connectivity index (χ3n) is 4.41. The lowest BCUT2D eigenvalue weighted by atomic mass is 10.2. The Bertz CT molecular complexity index is 1300. The first-order valence-corrected chi connectivity index (χ1v) is 12.0. The number of hydrogen-bond donors (Lipinski definition) is 2. The van der Waals surface area contributed by atoms with Crippen molar-refractivity contribution in [2.24, 2.45) is 0 Å². The first-order chi connectivity index (χ1) is 14.9. The lowest BCUT2D eigenvalue weighted by molar-refractivity contribution is -0.139. The maximum Gasteiger partial charge on any atom is 0.417 e. The molecule has 0 bridgehead atoms. The van der Waals surface area contributed by atoms with E-state index in [-0.39, 0.29) is 10.6 Å². The maximum absolute atomic E-state index is 13.5. The van der Waals surface area contributed by atoms with Gasteiger partial charge in [0.25, 0.3) is 0 Å². The van der Waals surface area contributed by atoms with Gasteiger partial charge in [-0.2, -0.15) is 13.2 Å². The second kappa shape index (κ2) is 8.98. The minimum Gasteiger partial charge on any atom is -0.385 e. The number of halogens is 3. The lowest BCUT2D eigenvalue weighted by Gasteiger charge is -2.17. The van der Waals surface area contributed by atoms with Crippen LogP contribution in [0.1, 0.15) is 17.4 Å². The molecule has 0 aliphatic carbocycles. The number of benzene rings is 2. The van der Waals surface area contributed by atoms with E-state index in [9.17, 15) is 35.1 Å². The molecule has 7 nitrogen and oxygen atoms in total. The minimum absolute atomic E-state index is 0.103. The summed E-state index contributed by atoms with van der Waals surface area (Å²) in [6, 6.07) is 13.0. The van der Waals surface area contributed by atoms with Gasteiger partial charge in [-0.1, -0.05) is 24.3 Å². The smallest absolute Gasteiger partial charge is 0.385 e. The Morgan fingerprint density at radius 3 is 2.16 bits per heavy atom. The number of rotatable bonds is 7. The van der Waals surface area contributed by atoms with Crippen LogP contribution in [0.15, 0.2) is 87.6 Å². The number of hydrogen-bond acceptors (Lipinski definition) is 6. The molecule has 1 atom stereocenters. The maximum atomic E-state index is 13.5. The molecule has 0 radical (unpaired) electrons. The molecule has 0 saturated heterocycles. The Hall–Kier alpha value is -2.80. The molecule has 3 rings (SSSR count). The fourth-order valence-electron chi connectivity index (χ4n) is 2.81. The summed E-state index contributed by atoms with van der Waals surface area (Å²) in [5, 5.41) is 10.1. The van der Waals surface area contributed by atoms with Crippen LogP contribution in [0.3, 0.4) is 0 Å². The van der Waals surface area contributed by atoms with Crippen molar-refractivity contribution in [1.82, 2.24) is 9.71 Å². The fraction of sp³-hybridized carbons (Fsp3) is 0.150. The van der Waals surface area contributed by atoms with Crippen LogP contribution in [0.2, 0.25) is 0 Å². The number of pyridine rings is 1. The summed E-state index contributed by atoms with van der Waals surface area (Å²) in [4.78, 5) is 1.75. The van der Waals surface area contributed by atoms with Gasteiger partial charge in [-0.05, 0) is 42.5 Å². The second-order valence-corrected chi connectivity index (χ2v) is 10.3. The summed E-state index contributed by atoms with van der Waals surface area (Å²) in [6.07, 6.45) is -5.15. The van der Waals surface area contributed by atoms with Crippen molar-refractivity contribution in [3.8, 4) is 0 Å². The van der Waals surface area contributed by atoms with Crippen molar-refractivity contribution in [3.63, 3.8) is 0 Å². The molecule has 0 amide bonds. The van der Waals surface area contributed by atoms with Crippen LogP contribution in [0.4, 0.5) is 13.2 Å². The Balaban J connectivity index is 2.02. The average molecular weight is 486 g/mol. The van der Waals surface area contributed by atoms with E-state index in [4.69, 9.17) is 0 Å². The standard InChI is InChI=1S/C20H17F3N2O5S2/c21-20(22,23)16-10-9-15(31(27,28)14-6-2-1-3-7-14)12-19(16)32(29,30)25-13-18(26)17-8-4-5-11-24-17/h1-12,18,25-26H,13H2/t18-/m0/s1. The van der Waals surface area contributed by atoms with E-state index in [1.165, 1.54) is 36.5 Å². The predicted octanol–water partition coefficient (Wildman–Crippen LogP) is 2.95. The van der Waals surface area contributed by atoms with Gasteiger partial charge >= 0.3 is 6.18 Å². The Kier molecular flexibility index (Phi) is 6.69. The van der Waals surface area contributed by atoms with E-state index in [1.54, 1.807) is 18.2 Å². The summed E-state index contributed by atoms with van der Waals surface area (Å²) >= 11 is 0. The molecule has 32 heavy (non-hydrogen) atoms. The van der Waals surface area contributed by atoms with Gasteiger partial charge in [0.1, 0.15) is 6.10 Å². The third-order valence-corrected chi connectivity index (χ3v) is 7.64. The van der Waals surface area contributed by atoms with Crippen molar-refractivity contribution in [2.45, 2.75) is 27.0 Å². The third kappa shape index (κ3) is 5.15. The molecular weight excluding hydrogens is 469 g/mol. The molecule has 0 aliphatic heterocycles. The molecule has 170 valence electrons. The summed E-state index contributed by atoms with van der Waals surface area (Å²) in [7, 11) is -9.14. The molecule has 1 heterocycles. The number of nitrogens with one attached hydrogen (secondary N) is 1. The Morgan fingerprint density at radius 1 is 0.906 bits per heavy atom. The Morgan fingerprint density at radius 2 is 1.56 bits per heavy atom. The summed E-state index contributed by atoms with van der Waals surface area (Å²) in [6.45, 7) is -0.674. The van der Waals surface area contributed by atoms with E-state index in [0.717, 1.165) is 0 Å². The fourth-order valence-corrected chi connectivity index (χ4v) is 5.48. The van der Waals surface area contributed by atoms with Crippen molar-refractivity contribution in [2.75, 3.05) is 6.54 Å². The topological polar surface area (TPSA) is 113 Å². The summed E-state index contributed by atoms with van der Waals surface area (Å²) in [5.74, 6) is 0. The van der Waals surface area contributed by atoms with Crippen LogP contribution in [-0.4, -0.2) is 33.5 Å². The van der Waals surface area contributed by atoms with E-state index < -0.39 is 54.0 Å². The van der Waals surface area contributed by atoms with Gasteiger partial charge in [0.2, 0.25) is 19.9 Å². The monoisotopic (exact) mass is 486 g/mol. The number of aliphatic hydroxyl groups is 1. The van der Waals surface area contributed by atoms with E-state index in [0.29, 0.717) is 18.2 Å². The average Bonchev–Trinajstić information content (AvgIpc) is 2.77. The zero-order chi connectivity index (χ0) is 23.6. The second-order valence-electron chi connectivity index (χ2n) is 6.59. The number of nitrogens with zero attached hydrogens (tertiary/aromatic N) is 1. The van der Waals surface area contributed by atoms with Gasteiger partial charge < -0.3 is 5.11 Å². The molecule has 0 saturated carbocycles. The van der Waals surface area contributed by atoms with Gasteiger partial charge in [-0.15, -0.1) is 0 Å². The van der Waals surface area contributed by atoms with Gasteiger partial charge in [0.15, 0.2) is 0 Å². The zero-order valence-electron chi connectivity index (χ0n) is 16.2. The highest BCUT2D eigenvalue weighted by Crippen LogP contribution is 2.36. The van der Waals surface area contributed by atoms with Crippen molar-refractivity contribution >= 4 is 19.9 Å². The molecule has 0 aliphatic rings. The molecule has 3 aromatic rings. The molecule has 0 fully saturated rings. The van der Waals surface area contributed by atoms with Crippen LogP contribution in [-0.2, 0) is 26.0 Å². The van der Waals surface area contributed by atoms with Gasteiger partial charge in [0.05, 0.1) is 25.9 Å². The van der Waals surface area contributed by atoms with Crippen LogP contribution in [0.25, 0.3) is 0 Å². The number of aromatic nitrogens is 1. The normalized spacial score (nSPS) is 13.6. The van der Waals surface area contributed by atoms with Crippen molar-refractivity contribution in [1.29, 1.82) is 0 Å². The highest BCUT2D eigenvalue weighted by atomic mass is 32.2. The lowest BCUT2D eigenvalue weighted by Crippen LogP contribution is -2.30. The van der Waals surface area contributed by atoms with Crippen LogP contribution in [0.5, 0.6) is 0 Å². The van der Waals surface area contributed by atoms with Crippen LogP contribution in [0, 0.1) is 0 Å². The van der Waals surface area contributed by atoms with Gasteiger partial charge in [0, 0.05) is 12.7 Å². The number of sulfone groups is 1. The molecule has 2 N–H and O–H groups in total. The van der Waals surface area contributed by atoms with Gasteiger partial charge in [-0.25, -0.2) is 21.6 Å². The highest BCUT2D eigenvalue weighted by Gasteiger charge is 2.38. The first kappa shape index (κ1) is 23.9. The highest BCUT2D eigenvalue weighted by molar-refractivity contribution is 7.91. The largest absolute Gasteiger partial charge is 0.417 e. The molecule has 0 unspecified atom stereocenters. The minimum atomic E-state index is -5.07. The Labute approximate surface area is 182 Å². The molecular formula is C20H17F3N2O5S2. The summed E-state index contributed by atoms with van der Waals surface area (Å²) < 4.78 is 93.4. The van der Waals surface area contributed by atoms with E-state index >= 15 is 0 Å². The quantitative estimate of drug-likeness (QED) is 0.531. The molecule has 1 aromatic heterocycles. The predicted molar refractivity (Wildman–Crippen MR) is 108 cm³/mol. The van der Waals surface area contributed by atoms with E-state index in [2.05, 4.69) is 4.98 Å². The van der Waals surface area contributed by atoms with Crippen LogP contribution < -0.4 is 4.72 Å². The van der Waals surface area contributed by atoms with E-state index in [1.807, 2.05) is 4.72 Å².